The van der Waals surface area contributed by atoms with Crippen LogP contribution in [0.15, 0.2) is 18.2 Å². The molecule has 0 spiro atoms. The van der Waals surface area contributed by atoms with Crippen LogP contribution in [0, 0.1) is 19.7 Å². The summed E-state index contributed by atoms with van der Waals surface area (Å²) < 4.78 is 24.0. The van der Waals surface area contributed by atoms with Crippen molar-refractivity contribution in [3.8, 4) is 0 Å². The Morgan fingerprint density at radius 1 is 1.26 bits per heavy atom. The number of nitrogens with zero attached hydrogens (tertiary/aromatic N) is 1. The Balaban J connectivity index is 2.21. The molecule has 0 saturated carbocycles. The number of H-pyrrole nitrogens is 1. The molecule has 1 amide bonds. The number of carbonyl (C=O) groups is 2. The number of benzene rings is 1. The molecule has 0 aliphatic heterocycles. The summed E-state index contributed by atoms with van der Waals surface area (Å²) in [7, 11) is 3.05. The topological polar surface area (TPSA) is 71.6 Å². The minimum absolute atomic E-state index is 0.00450. The molecule has 0 bridgehead atoms. The standard InChI is InChI=1S/C19H22ClFN2O4/c1-11-16(19(25)27-9-8-26-4)12(2)22-17(11)18(24)23(3)10-13-14(20)6-5-7-15(13)21/h5-7,22H,8-10H2,1-4H3. The summed E-state index contributed by atoms with van der Waals surface area (Å²) in [6, 6.07) is 4.36. The van der Waals surface area contributed by atoms with Gasteiger partial charge in [0.25, 0.3) is 5.91 Å². The van der Waals surface area contributed by atoms with E-state index in [-0.39, 0.29) is 41.9 Å². The van der Waals surface area contributed by atoms with Gasteiger partial charge in [-0.15, -0.1) is 0 Å². The van der Waals surface area contributed by atoms with Gasteiger partial charge in [0.15, 0.2) is 0 Å². The highest BCUT2D eigenvalue weighted by Gasteiger charge is 2.25. The van der Waals surface area contributed by atoms with Crippen molar-refractivity contribution in [3.63, 3.8) is 0 Å². The predicted octanol–water partition coefficient (Wildman–Crippen LogP) is 3.50. The van der Waals surface area contributed by atoms with E-state index < -0.39 is 11.8 Å². The van der Waals surface area contributed by atoms with Crippen molar-refractivity contribution < 1.29 is 23.5 Å². The second-order valence-corrected chi connectivity index (χ2v) is 6.52. The number of ether oxygens (including phenoxy) is 2. The summed E-state index contributed by atoms with van der Waals surface area (Å²) >= 11 is 6.03. The van der Waals surface area contributed by atoms with Gasteiger partial charge in [0, 0.05) is 30.4 Å². The fourth-order valence-corrected chi connectivity index (χ4v) is 2.97. The molecule has 0 radical (unpaired) electrons. The van der Waals surface area contributed by atoms with Crippen molar-refractivity contribution >= 4 is 23.5 Å². The molecule has 0 saturated heterocycles. The first kappa shape index (κ1) is 20.9. The molecule has 1 aromatic heterocycles. The zero-order chi connectivity index (χ0) is 20.1. The Hall–Kier alpha value is -2.38. The van der Waals surface area contributed by atoms with E-state index >= 15 is 0 Å². The number of aryl methyl sites for hydroxylation is 1. The van der Waals surface area contributed by atoms with Crippen LogP contribution in [0.2, 0.25) is 5.02 Å². The van der Waals surface area contributed by atoms with Crippen LogP contribution in [-0.4, -0.2) is 49.1 Å². The summed E-state index contributed by atoms with van der Waals surface area (Å²) in [5.74, 6) is -1.40. The van der Waals surface area contributed by atoms with Crippen molar-refractivity contribution in [2.24, 2.45) is 0 Å². The lowest BCUT2D eigenvalue weighted by Crippen LogP contribution is -2.27. The first-order valence-corrected chi connectivity index (χ1v) is 8.69. The number of rotatable bonds is 7. The molecule has 27 heavy (non-hydrogen) atoms. The van der Waals surface area contributed by atoms with Crippen LogP contribution < -0.4 is 0 Å². The van der Waals surface area contributed by atoms with Gasteiger partial charge >= 0.3 is 5.97 Å². The quantitative estimate of drug-likeness (QED) is 0.574. The van der Waals surface area contributed by atoms with Crippen LogP contribution in [-0.2, 0) is 16.0 Å². The van der Waals surface area contributed by atoms with Gasteiger partial charge < -0.3 is 19.4 Å². The van der Waals surface area contributed by atoms with Gasteiger partial charge in [-0.1, -0.05) is 17.7 Å². The number of hydrogen-bond acceptors (Lipinski definition) is 4. The van der Waals surface area contributed by atoms with Crippen molar-refractivity contribution in [1.82, 2.24) is 9.88 Å². The average molecular weight is 397 g/mol. The van der Waals surface area contributed by atoms with Crippen molar-refractivity contribution in [2.45, 2.75) is 20.4 Å². The third-order valence-corrected chi connectivity index (χ3v) is 4.53. The van der Waals surface area contributed by atoms with E-state index in [4.69, 9.17) is 21.1 Å². The molecule has 2 aromatic rings. The number of halogens is 2. The molecule has 146 valence electrons. The molecule has 0 aliphatic rings. The largest absolute Gasteiger partial charge is 0.460 e. The number of aromatic nitrogens is 1. The zero-order valence-corrected chi connectivity index (χ0v) is 16.4. The average Bonchev–Trinajstić information content (AvgIpc) is 2.92. The predicted molar refractivity (Wildman–Crippen MR) is 99.6 cm³/mol. The van der Waals surface area contributed by atoms with Crippen LogP contribution in [0.25, 0.3) is 0 Å². The Labute approximate surface area is 162 Å². The van der Waals surface area contributed by atoms with Crippen molar-refractivity contribution in [1.29, 1.82) is 0 Å². The minimum atomic E-state index is -0.530. The second kappa shape index (κ2) is 9.01. The number of nitrogens with one attached hydrogen (secondary N) is 1. The van der Waals surface area contributed by atoms with Gasteiger partial charge in [0.05, 0.1) is 18.7 Å². The van der Waals surface area contributed by atoms with E-state index in [0.29, 0.717) is 16.8 Å². The van der Waals surface area contributed by atoms with Crippen LogP contribution in [0.5, 0.6) is 0 Å². The van der Waals surface area contributed by atoms with Crippen LogP contribution in [0.1, 0.15) is 37.7 Å². The minimum Gasteiger partial charge on any atom is -0.460 e. The highest BCUT2D eigenvalue weighted by molar-refractivity contribution is 6.31. The molecule has 0 fully saturated rings. The smallest absolute Gasteiger partial charge is 0.340 e. The van der Waals surface area contributed by atoms with Crippen molar-refractivity contribution in [3.05, 3.63) is 57.1 Å². The molecule has 6 nitrogen and oxygen atoms in total. The number of methoxy groups -OCH3 is 1. The number of aromatic amines is 1. The van der Waals surface area contributed by atoms with Crippen LogP contribution in [0.4, 0.5) is 4.39 Å². The van der Waals surface area contributed by atoms with E-state index in [1.165, 1.54) is 31.2 Å². The third-order valence-electron chi connectivity index (χ3n) is 4.18. The summed E-state index contributed by atoms with van der Waals surface area (Å²) in [6.07, 6.45) is 0. The van der Waals surface area contributed by atoms with E-state index in [0.717, 1.165) is 0 Å². The fraction of sp³-hybridized carbons (Fsp3) is 0.368. The van der Waals surface area contributed by atoms with E-state index in [9.17, 15) is 14.0 Å². The Kier molecular flexibility index (Phi) is 6.98. The van der Waals surface area contributed by atoms with Gasteiger partial charge in [0.1, 0.15) is 18.1 Å². The van der Waals surface area contributed by atoms with Gasteiger partial charge in [-0.2, -0.15) is 0 Å². The summed E-state index contributed by atoms with van der Waals surface area (Å²) in [5.41, 5.74) is 1.80. The molecular weight excluding hydrogens is 375 g/mol. The van der Waals surface area contributed by atoms with Crippen molar-refractivity contribution in [2.75, 3.05) is 27.4 Å². The van der Waals surface area contributed by atoms with Gasteiger partial charge in [-0.05, 0) is 31.5 Å². The molecular formula is C19H22ClFN2O4. The summed E-state index contributed by atoms with van der Waals surface area (Å²) in [6.45, 7) is 3.74. The molecule has 0 unspecified atom stereocenters. The monoisotopic (exact) mass is 396 g/mol. The molecule has 1 N–H and O–H groups in total. The Bertz CT molecular complexity index is 830. The third kappa shape index (κ3) is 4.67. The number of hydrogen-bond donors (Lipinski definition) is 1. The molecule has 0 atom stereocenters. The fourth-order valence-electron chi connectivity index (χ4n) is 2.74. The highest BCUT2D eigenvalue weighted by atomic mass is 35.5. The number of esters is 1. The first-order chi connectivity index (χ1) is 12.8. The summed E-state index contributed by atoms with van der Waals surface area (Å²) in [5, 5.41) is 0.247. The lowest BCUT2D eigenvalue weighted by molar-refractivity contribution is 0.0387. The van der Waals surface area contributed by atoms with Crippen LogP contribution in [0.3, 0.4) is 0 Å². The Morgan fingerprint density at radius 2 is 1.96 bits per heavy atom. The number of amides is 1. The second-order valence-electron chi connectivity index (χ2n) is 6.12. The SMILES string of the molecule is COCCOC(=O)c1c(C)[nH]c(C(=O)N(C)Cc2c(F)cccc2Cl)c1C. The molecule has 0 aliphatic carbocycles. The van der Waals surface area contributed by atoms with Gasteiger partial charge in [-0.3, -0.25) is 4.79 Å². The maximum absolute atomic E-state index is 14.0. The first-order valence-electron chi connectivity index (χ1n) is 8.31. The van der Waals surface area contributed by atoms with Gasteiger partial charge in [0.2, 0.25) is 0 Å². The molecule has 2 rings (SSSR count). The van der Waals surface area contributed by atoms with Gasteiger partial charge in [-0.25, -0.2) is 9.18 Å². The maximum atomic E-state index is 14.0. The molecule has 8 heteroatoms. The van der Waals surface area contributed by atoms with E-state index in [1.807, 2.05) is 0 Å². The molecule has 1 aromatic carbocycles. The number of carbonyl (C=O) groups excluding carboxylic acids is 2. The van der Waals surface area contributed by atoms with E-state index in [1.54, 1.807) is 19.9 Å². The van der Waals surface area contributed by atoms with Crippen LogP contribution >= 0.6 is 11.6 Å². The maximum Gasteiger partial charge on any atom is 0.340 e. The Morgan fingerprint density at radius 3 is 2.59 bits per heavy atom. The summed E-state index contributed by atoms with van der Waals surface area (Å²) in [4.78, 5) is 29.3. The zero-order valence-electron chi connectivity index (χ0n) is 15.7. The normalized spacial score (nSPS) is 10.7. The molecule has 1 heterocycles. The lowest BCUT2D eigenvalue weighted by Gasteiger charge is -2.18. The highest BCUT2D eigenvalue weighted by Crippen LogP contribution is 2.23. The lowest BCUT2D eigenvalue weighted by atomic mass is 10.1. The van der Waals surface area contributed by atoms with E-state index in [2.05, 4.69) is 4.98 Å².